The van der Waals surface area contributed by atoms with Crippen LogP contribution in [0.3, 0.4) is 0 Å². The maximum absolute atomic E-state index is 12.0. The van der Waals surface area contributed by atoms with Gasteiger partial charge in [0.1, 0.15) is 6.42 Å². The molecule has 0 spiro atoms. The number of carbonyl (C=O) groups is 1. The highest BCUT2D eigenvalue weighted by Gasteiger charge is 2.32. The molecule has 1 aliphatic rings. The van der Waals surface area contributed by atoms with Crippen LogP contribution >= 0.6 is 0 Å². The fraction of sp³-hybridized carbons (Fsp3) is 0.727. The van der Waals surface area contributed by atoms with Gasteiger partial charge in [-0.2, -0.15) is 13.2 Å². The highest BCUT2D eigenvalue weighted by molar-refractivity contribution is 5.95. The summed E-state index contributed by atoms with van der Waals surface area (Å²) >= 11 is 0. The monoisotopic (exact) mass is 220 g/mol. The predicted molar refractivity (Wildman–Crippen MR) is 51.5 cm³/mol. The fourth-order valence-corrected chi connectivity index (χ4v) is 1.74. The molecule has 0 fully saturated rings. The van der Waals surface area contributed by atoms with Crippen molar-refractivity contribution >= 4 is 5.78 Å². The number of carbonyl (C=O) groups excluding carboxylic acids is 1. The van der Waals surface area contributed by atoms with E-state index in [1.54, 1.807) is 6.08 Å². The molecule has 0 amide bonds. The minimum Gasteiger partial charge on any atom is -0.294 e. The second-order valence-electron chi connectivity index (χ2n) is 3.90. The van der Waals surface area contributed by atoms with Gasteiger partial charge in [0.15, 0.2) is 5.78 Å². The molecular weight excluding hydrogens is 205 g/mol. The molecule has 0 heterocycles. The molecule has 0 N–H and O–H groups in total. The topological polar surface area (TPSA) is 17.1 Å². The summed E-state index contributed by atoms with van der Waals surface area (Å²) in [6, 6.07) is 0. The van der Waals surface area contributed by atoms with E-state index >= 15 is 0 Å². The van der Waals surface area contributed by atoms with Gasteiger partial charge in [-0.05, 0) is 31.3 Å². The van der Waals surface area contributed by atoms with Crippen molar-refractivity contribution in [2.24, 2.45) is 0 Å². The van der Waals surface area contributed by atoms with Crippen LogP contribution in [0.1, 0.15) is 44.9 Å². The quantitative estimate of drug-likeness (QED) is 0.692. The number of rotatable bonds is 2. The Balaban J connectivity index is 2.56. The van der Waals surface area contributed by atoms with Gasteiger partial charge in [-0.3, -0.25) is 4.79 Å². The first-order valence-electron chi connectivity index (χ1n) is 5.28. The third-order valence-electron chi connectivity index (χ3n) is 2.51. The van der Waals surface area contributed by atoms with Crippen molar-refractivity contribution in [2.75, 3.05) is 0 Å². The molecule has 0 atom stereocenters. The normalized spacial score (nSPS) is 22.5. The van der Waals surface area contributed by atoms with Crippen LogP contribution in [0.25, 0.3) is 0 Å². The molecule has 0 aliphatic heterocycles. The third kappa shape index (κ3) is 5.00. The Morgan fingerprint density at radius 1 is 1.20 bits per heavy atom. The molecule has 4 heteroatoms. The fourth-order valence-electron chi connectivity index (χ4n) is 1.74. The van der Waals surface area contributed by atoms with Crippen LogP contribution in [0.2, 0.25) is 0 Å². The molecule has 0 saturated heterocycles. The SMILES string of the molecule is O=C(CC(F)(F)F)/C1=C/CCCCCC1. The van der Waals surface area contributed by atoms with Crippen LogP contribution in [0.4, 0.5) is 13.2 Å². The summed E-state index contributed by atoms with van der Waals surface area (Å²) < 4.78 is 36.0. The Hall–Kier alpha value is -0.800. The van der Waals surface area contributed by atoms with Crippen LogP contribution in [0.15, 0.2) is 11.6 Å². The van der Waals surface area contributed by atoms with E-state index < -0.39 is 18.4 Å². The minimum atomic E-state index is -4.37. The molecule has 15 heavy (non-hydrogen) atoms. The average Bonchev–Trinajstić information content (AvgIpc) is 1.98. The number of ketones is 1. The second-order valence-corrected chi connectivity index (χ2v) is 3.90. The zero-order valence-electron chi connectivity index (χ0n) is 8.57. The van der Waals surface area contributed by atoms with Gasteiger partial charge in [-0.15, -0.1) is 0 Å². The van der Waals surface area contributed by atoms with Gasteiger partial charge < -0.3 is 0 Å². The molecule has 0 saturated carbocycles. The van der Waals surface area contributed by atoms with Crippen LogP contribution < -0.4 is 0 Å². The van der Waals surface area contributed by atoms with Crippen LogP contribution in [-0.2, 0) is 4.79 Å². The van der Waals surface area contributed by atoms with Gasteiger partial charge in [0, 0.05) is 0 Å². The van der Waals surface area contributed by atoms with Gasteiger partial charge in [0.05, 0.1) is 0 Å². The van der Waals surface area contributed by atoms with Gasteiger partial charge >= 0.3 is 6.18 Å². The molecule has 86 valence electrons. The lowest BCUT2D eigenvalue weighted by molar-refractivity contribution is -0.149. The zero-order valence-corrected chi connectivity index (χ0v) is 8.57. The largest absolute Gasteiger partial charge is 0.396 e. The smallest absolute Gasteiger partial charge is 0.294 e. The van der Waals surface area contributed by atoms with E-state index in [0.717, 1.165) is 32.1 Å². The lowest BCUT2D eigenvalue weighted by atomic mass is 9.96. The molecular formula is C11H15F3O. The van der Waals surface area contributed by atoms with E-state index in [-0.39, 0.29) is 0 Å². The average molecular weight is 220 g/mol. The van der Waals surface area contributed by atoms with Crippen molar-refractivity contribution < 1.29 is 18.0 Å². The molecule has 0 radical (unpaired) electrons. The summed E-state index contributed by atoms with van der Waals surface area (Å²) in [6.07, 6.45) is 1.17. The number of alkyl halides is 3. The van der Waals surface area contributed by atoms with Gasteiger partial charge in [-0.25, -0.2) is 0 Å². The van der Waals surface area contributed by atoms with Crippen LogP contribution in [0, 0.1) is 0 Å². The van der Waals surface area contributed by atoms with E-state index in [1.165, 1.54) is 0 Å². The van der Waals surface area contributed by atoms with E-state index in [9.17, 15) is 18.0 Å². The highest BCUT2D eigenvalue weighted by Crippen LogP contribution is 2.25. The summed E-state index contributed by atoms with van der Waals surface area (Å²) in [5.41, 5.74) is 0.382. The molecule has 0 aromatic carbocycles. The first kappa shape index (κ1) is 12.3. The lowest BCUT2D eigenvalue weighted by Crippen LogP contribution is -2.16. The molecule has 0 aromatic heterocycles. The van der Waals surface area contributed by atoms with Gasteiger partial charge in [0.25, 0.3) is 0 Å². The van der Waals surface area contributed by atoms with Crippen molar-refractivity contribution in [2.45, 2.75) is 51.1 Å². The van der Waals surface area contributed by atoms with E-state index in [2.05, 4.69) is 0 Å². The summed E-state index contributed by atoms with van der Waals surface area (Å²) in [4.78, 5) is 11.3. The van der Waals surface area contributed by atoms with Crippen molar-refractivity contribution in [3.05, 3.63) is 11.6 Å². The number of allylic oxidation sites excluding steroid dienone is 2. The molecule has 0 unspecified atom stereocenters. The number of hydrogen-bond donors (Lipinski definition) is 0. The van der Waals surface area contributed by atoms with Gasteiger partial charge in [0.2, 0.25) is 0 Å². The van der Waals surface area contributed by atoms with E-state index in [1.807, 2.05) is 0 Å². The first-order chi connectivity index (χ1) is 6.99. The standard InChI is InChI=1S/C11H15F3O/c12-11(13,14)8-10(15)9-6-4-2-1-3-5-7-9/h6H,1-5,7-8H2/b9-6+. The predicted octanol–water partition coefficient (Wildman–Crippen LogP) is 3.79. The minimum absolute atomic E-state index is 0.382. The van der Waals surface area contributed by atoms with Crippen molar-refractivity contribution in [3.63, 3.8) is 0 Å². The van der Waals surface area contributed by atoms with E-state index in [0.29, 0.717) is 12.0 Å². The Kier molecular flexibility index (Phi) is 4.36. The Morgan fingerprint density at radius 2 is 1.87 bits per heavy atom. The zero-order chi connectivity index (χ0) is 11.3. The Labute approximate surface area is 87.4 Å². The number of Topliss-reactive ketones (excluding diaryl/α,β-unsaturated/α-hetero) is 1. The summed E-state index contributed by atoms with van der Waals surface area (Å²) in [5.74, 6) is -0.746. The molecule has 1 aliphatic carbocycles. The highest BCUT2D eigenvalue weighted by atomic mass is 19.4. The number of hydrogen-bond acceptors (Lipinski definition) is 1. The molecule has 0 aromatic rings. The van der Waals surface area contributed by atoms with Crippen LogP contribution in [0.5, 0.6) is 0 Å². The Bertz CT molecular complexity index is 253. The van der Waals surface area contributed by atoms with Gasteiger partial charge in [-0.1, -0.05) is 18.9 Å². The Morgan fingerprint density at radius 3 is 2.53 bits per heavy atom. The second kappa shape index (κ2) is 5.33. The summed E-state index contributed by atoms with van der Waals surface area (Å²) in [6.45, 7) is 0. The molecule has 1 nitrogen and oxygen atoms in total. The maximum atomic E-state index is 12.0. The summed E-state index contributed by atoms with van der Waals surface area (Å²) in [7, 11) is 0. The number of halogens is 3. The van der Waals surface area contributed by atoms with E-state index in [4.69, 9.17) is 0 Å². The van der Waals surface area contributed by atoms with Crippen molar-refractivity contribution in [1.82, 2.24) is 0 Å². The third-order valence-corrected chi connectivity index (χ3v) is 2.51. The lowest BCUT2D eigenvalue weighted by Gasteiger charge is -2.11. The molecule has 0 bridgehead atoms. The van der Waals surface area contributed by atoms with Crippen molar-refractivity contribution in [1.29, 1.82) is 0 Å². The maximum Gasteiger partial charge on any atom is 0.396 e. The van der Waals surface area contributed by atoms with Crippen molar-refractivity contribution in [3.8, 4) is 0 Å². The first-order valence-corrected chi connectivity index (χ1v) is 5.28. The summed E-state index contributed by atoms with van der Waals surface area (Å²) in [5, 5.41) is 0. The van der Waals surface area contributed by atoms with Crippen LogP contribution in [-0.4, -0.2) is 12.0 Å². The molecule has 1 rings (SSSR count).